The van der Waals surface area contributed by atoms with Gasteiger partial charge >= 0.3 is 18.0 Å². The fourth-order valence-corrected chi connectivity index (χ4v) is 2.26. The summed E-state index contributed by atoms with van der Waals surface area (Å²) in [6.45, 7) is 0. The molecule has 8 heteroatoms. The van der Waals surface area contributed by atoms with Crippen LogP contribution >= 0.6 is 0 Å². The van der Waals surface area contributed by atoms with E-state index in [0.717, 1.165) is 5.39 Å². The van der Waals surface area contributed by atoms with Crippen molar-refractivity contribution in [1.29, 1.82) is 0 Å². The van der Waals surface area contributed by atoms with Gasteiger partial charge in [0.25, 0.3) is 0 Å². The summed E-state index contributed by atoms with van der Waals surface area (Å²) in [5, 5.41) is 1.47. The molecule has 2 aromatic carbocycles. The van der Waals surface area contributed by atoms with Crippen LogP contribution in [0.3, 0.4) is 0 Å². The predicted octanol–water partition coefficient (Wildman–Crippen LogP) is 4.37. The number of fused-ring (bicyclic) bond motifs is 3. The predicted molar refractivity (Wildman–Crippen MR) is 76.3 cm³/mol. The summed E-state index contributed by atoms with van der Waals surface area (Å²) in [5.74, 6) is -7.06. The first-order valence-electron chi connectivity index (χ1n) is 6.70. The maximum Gasteiger partial charge on any atom is 0.460 e. The van der Waals surface area contributed by atoms with Crippen LogP contribution in [-0.2, 0) is 9.53 Å². The summed E-state index contributed by atoms with van der Waals surface area (Å²) in [6.07, 6.45) is -5.57. The zero-order valence-corrected chi connectivity index (χ0v) is 12.2. The first-order valence-corrected chi connectivity index (χ1v) is 6.70. The van der Waals surface area contributed by atoms with Crippen LogP contribution in [0.25, 0.3) is 21.9 Å². The minimum Gasteiger partial charge on any atom is -0.456 e. The molecule has 3 aromatic rings. The first kappa shape index (κ1) is 16.3. The molecule has 0 fully saturated rings. The van der Waals surface area contributed by atoms with Gasteiger partial charge in [-0.15, -0.1) is 0 Å². The van der Waals surface area contributed by atoms with Crippen molar-refractivity contribution in [2.45, 2.75) is 12.0 Å². The number of furan rings is 1. The van der Waals surface area contributed by atoms with Crippen molar-refractivity contribution < 1.29 is 36.2 Å². The summed E-state index contributed by atoms with van der Waals surface area (Å²) < 4.78 is 65.3. The zero-order valence-electron chi connectivity index (χ0n) is 12.2. The van der Waals surface area contributed by atoms with Crippen LogP contribution in [0.1, 0.15) is 0 Å². The molecule has 0 radical (unpaired) electrons. The molecule has 4 nitrogen and oxygen atoms in total. The molecule has 0 saturated carbocycles. The molecule has 1 atom stereocenters. The molecule has 3 rings (SSSR count). The molecule has 0 unspecified atom stereocenters. The number of ether oxygens (including phenoxy) is 2. The van der Waals surface area contributed by atoms with Gasteiger partial charge in [0.1, 0.15) is 16.9 Å². The number of carbonyl (C=O) groups is 1. The topological polar surface area (TPSA) is 48.7 Å². The number of hydrogen-bond acceptors (Lipinski definition) is 4. The van der Waals surface area contributed by atoms with Gasteiger partial charge in [-0.25, -0.2) is 4.79 Å². The Morgan fingerprint density at radius 1 is 1.00 bits per heavy atom. The number of alkyl halides is 4. The van der Waals surface area contributed by atoms with Gasteiger partial charge in [0.05, 0.1) is 0 Å². The van der Waals surface area contributed by atoms with E-state index in [-0.39, 0.29) is 11.3 Å². The zero-order chi connectivity index (χ0) is 17.5. The Kier molecular flexibility index (Phi) is 3.71. The van der Waals surface area contributed by atoms with Crippen LogP contribution in [0.4, 0.5) is 17.6 Å². The molecule has 0 N–H and O–H groups in total. The van der Waals surface area contributed by atoms with Gasteiger partial charge in [0.15, 0.2) is 0 Å². The maximum absolute atomic E-state index is 13.7. The lowest BCUT2D eigenvalue weighted by Crippen LogP contribution is -2.51. The van der Waals surface area contributed by atoms with Gasteiger partial charge in [-0.1, -0.05) is 18.2 Å². The second-order valence-electron chi connectivity index (χ2n) is 4.94. The van der Waals surface area contributed by atoms with Gasteiger partial charge in [0, 0.05) is 23.9 Å². The van der Waals surface area contributed by atoms with E-state index in [1.807, 2.05) is 0 Å². The molecule has 0 aliphatic carbocycles. The van der Waals surface area contributed by atoms with E-state index in [9.17, 15) is 22.4 Å². The Balaban J connectivity index is 1.96. The van der Waals surface area contributed by atoms with E-state index in [1.54, 1.807) is 24.3 Å². The first-order chi connectivity index (χ1) is 11.3. The van der Waals surface area contributed by atoms with Crippen LogP contribution in [0.15, 0.2) is 46.9 Å². The normalized spacial score (nSPS) is 14.7. The van der Waals surface area contributed by atoms with E-state index in [2.05, 4.69) is 9.47 Å². The summed E-state index contributed by atoms with van der Waals surface area (Å²) in [7, 11) is 0.428. The van der Waals surface area contributed by atoms with Crippen LogP contribution < -0.4 is 4.74 Å². The number of hydrogen-bond donors (Lipinski definition) is 0. The van der Waals surface area contributed by atoms with Crippen molar-refractivity contribution in [2.24, 2.45) is 0 Å². The Morgan fingerprint density at radius 3 is 2.33 bits per heavy atom. The minimum atomic E-state index is -5.57. The second kappa shape index (κ2) is 5.48. The molecule has 1 heterocycles. The molecule has 0 spiro atoms. The van der Waals surface area contributed by atoms with Crippen molar-refractivity contribution in [1.82, 2.24) is 0 Å². The summed E-state index contributed by atoms with van der Waals surface area (Å²) in [4.78, 5) is 11.5. The molecular formula is C16H10F4O4. The van der Waals surface area contributed by atoms with Crippen molar-refractivity contribution in [3.05, 3.63) is 42.5 Å². The second-order valence-corrected chi connectivity index (χ2v) is 4.94. The minimum absolute atomic E-state index is 0.287. The number of rotatable bonds is 3. The van der Waals surface area contributed by atoms with Gasteiger partial charge in [-0.3, -0.25) is 0 Å². The maximum atomic E-state index is 13.7. The number of methoxy groups -OCH3 is 1. The molecule has 1 aromatic heterocycles. The van der Waals surface area contributed by atoms with Crippen LogP contribution in [-0.4, -0.2) is 25.1 Å². The van der Waals surface area contributed by atoms with Gasteiger partial charge in [-0.2, -0.15) is 17.6 Å². The Labute approximate surface area is 132 Å². The molecule has 0 aliphatic heterocycles. The molecule has 0 amide bonds. The number of para-hydroxylation sites is 1. The summed E-state index contributed by atoms with van der Waals surface area (Å²) in [6, 6.07) is 11.0. The van der Waals surface area contributed by atoms with Crippen LogP contribution in [0.5, 0.6) is 5.75 Å². The highest BCUT2D eigenvalue weighted by Gasteiger charge is 2.64. The molecule has 0 aliphatic rings. The largest absolute Gasteiger partial charge is 0.460 e. The SMILES string of the molecule is CO[C@@](F)(C(=O)Oc1ccc2c(c1)oc1ccccc12)C(F)(F)F. The molecule has 0 bridgehead atoms. The molecule has 24 heavy (non-hydrogen) atoms. The van der Waals surface area contributed by atoms with E-state index in [4.69, 9.17) is 4.42 Å². The van der Waals surface area contributed by atoms with E-state index < -0.39 is 18.0 Å². The van der Waals surface area contributed by atoms with Crippen molar-refractivity contribution in [2.75, 3.05) is 7.11 Å². The van der Waals surface area contributed by atoms with Crippen LogP contribution in [0.2, 0.25) is 0 Å². The summed E-state index contributed by atoms with van der Waals surface area (Å²) in [5.41, 5.74) is 0.846. The molecule has 126 valence electrons. The average Bonchev–Trinajstić information content (AvgIpc) is 2.90. The Morgan fingerprint density at radius 2 is 1.67 bits per heavy atom. The smallest absolute Gasteiger partial charge is 0.456 e. The van der Waals surface area contributed by atoms with Gasteiger partial charge in [0.2, 0.25) is 0 Å². The lowest BCUT2D eigenvalue weighted by atomic mass is 10.1. The monoisotopic (exact) mass is 342 g/mol. The lowest BCUT2D eigenvalue weighted by Gasteiger charge is -2.23. The fraction of sp³-hybridized carbons (Fsp3) is 0.188. The van der Waals surface area contributed by atoms with E-state index in [0.29, 0.717) is 18.1 Å². The Hall–Kier alpha value is -2.61. The average molecular weight is 342 g/mol. The van der Waals surface area contributed by atoms with Crippen molar-refractivity contribution >= 4 is 27.9 Å². The Bertz CT molecular complexity index is 915. The third kappa shape index (κ3) is 2.48. The highest BCUT2D eigenvalue weighted by molar-refractivity contribution is 6.05. The van der Waals surface area contributed by atoms with Gasteiger partial charge in [-0.05, 0) is 18.2 Å². The van der Waals surface area contributed by atoms with Crippen molar-refractivity contribution in [3.8, 4) is 5.75 Å². The van der Waals surface area contributed by atoms with Crippen molar-refractivity contribution in [3.63, 3.8) is 0 Å². The number of carbonyl (C=O) groups excluding carboxylic acids is 1. The van der Waals surface area contributed by atoms with Crippen LogP contribution in [0, 0.1) is 0 Å². The van der Waals surface area contributed by atoms with Gasteiger partial charge < -0.3 is 13.9 Å². The highest BCUT2D eigenvalue weighted by Crippen LogP contribution is 2.37. The molecular weight excluding hydrogens is 332 g/mol. The number of halogens is 4. The highest BCUT2D eigenvalue weighted by atomic mass is 19.4. The third-order valence-electron chi connectivity index (χ3n) is 3.47. The van der Waals surface area contributed by atoms with E-state index >= 15 is 0 Å². The fourth-order valence-electron chi connectivity index (χ4n) is 2.26. The third-order valence-corrected chi connectivity index (χ3v) is 3.47. The standard InChI is InChI=1S/C16H10F4O4/c1-22-15(17,16(18,19)20)14(21)23-9-6-7-11-10-4-2-3-5-12(10)24-13(11)8-9/h2-8H,1H3/t15-/m0/s1. The summed E-state index contributed by atoms with van der Waals surface area (Å²) >= 11 is 0. The number of esters is 1. The van der Waals surface area contributed by atoms with E-state index in [1.165, 1.54) is 18.2 Å². The molecule has 0 saturated heterocycles. The lowest BCUT2D eigenvalue weighted by molar-refractivity contribution is -0.313. The number of benzene rings is 2. The quantitative estimate of drug-likeness (QED) is 0.403.